The molecule has 4 nitrogen and oxygen atoms in total. The molecule has 5 heteroatoms. The van der Waals surface area contributed by atoms with Crippen molar-refractivity contribution >= 4 is 17.7 Å². The highest BCUT2D eigenvalue weighted by molar-refractivity contribution is 7.99. The molecule has 1 amide bonds. The maximum Gasteiger partial charge on any atom is 0.230 e. The number of hydrogen-bond donors (Lipinski definition) is 1. The van der Waals surface area contributed by atoms with Crippen molar-refractivity contribution in [2.24, 2.45) is 17.8 Å². The van der Waals surface area contributed by atoms with Gasteiger partial charge >= 0.3 is 0 Å². The van der Waals surface area contributed by atoms with Crippen molar-refractivity contribution in [2.75, 3.05) is 20.0 Å². The van der Waals surface area contributed by atoms with Crippen LogP contribution in [0.25, 0.3) is 0 Å². The Morgan fingerprint density at radius 2 is 1.63 bits per heavy atom. The number of hydrogen-bond acceptors (Lipinski definition) is 4. The largest absolute Gasteiger partial charge is 0.493 e. The van der Waals surface area contributed by atoms with Crippen LogP contribution in [-0.4, -0.2) is 31.4 Å². The summed E-state index contributed by atoms with van der Waals surface area (Å²) in [5.41, 5.74) is 2.48. The number of amides is 1. The molecule has 0 heterocycles. The van der Waals surface area contributed by atoms with E-state index in [1.165, 1.54) is 49.7 Å². The second-order valence-electron chi connectivity index (χ2n) is 8.87. The molecule has 4 bridgehead atoms. The normalized spacial score (nSPS) is 31.0. The van der Waals surface area contributed by atoms with E-state index in [0.717, 1.165) is 35.0 Å². The Bertz CT molecular complexity index is 682. The highest BCUT2D eigenvalue weighted by atomic mass is 32.2. The van der Waals surface area contributed by atoms with Gasteiger partial charge in [-0.1, -0.05) is 0 Å². The van der Waals surface area contributed by atoms with E-state index >= 15 is 0 Å². The summed E-state index contributed by atoms with van der Waals surface area (Å²) >= 11 is 1.68. The van der Waals surface area contributed by atoms with Crippen LogP contribution in [-0.2, 0) is 10.5 Å². The Labute approximate surface area is 166 Å². The molecule has 27 heavy (non-hydrogen) atoms. The van der Waals surface area contributed by atoms with Crippen LogP contribution in [0.1, 0.15) is 49.7 Å². The summed E-state index contributed by atoms with van der Waals surface area (Å²) in [5, 5.41) is 3.46. The number of thioether (sulfide) groups is 1. The molecule has 1 aromatic rings. The second kappa shape index (κ2) is 7.57. The van der Waals surface area contributed by atoms with E-state index in [9.17, 15) is 4.79 Å². The zero-order valence-corrected chi connectivity index (χ0v) is 17.5. The average molecular weight is 390 g/mol. The van der Waals surface area contributed by atoms with E-state index in [-0.39, 0.29) is 11.4 Å². The van der Waals surface area contributed by atoms with Crippen molar-refractivity contribution < 1.29 is 14.3 Å². The van der Waals surface area contributed by atoms with Gasteiger partial charge in [0.25, 0.3) is 0 Å². The maximum atomic E-state index is 12.6. The lowest BCUT2D eigenvalue weighted by Crippen LogP contribution is -2.60. The van der Waals surface area contributed by atoms with E-state index < -0.39 is 0 Å². The third-order valence-corrected chi connectivity index (χ3v) is 7.76. The molecule has 0 saturated heterocycles. The first kappa shape index (κ1) is 19.0. The number of ether oxygens (including phenoxy) is 2. The third kappa shape index (κ3) is 3.94. The van der Waals surface area contributed by atoms with Crippen molar-refractivity contribution in [1.29, 1.82) is 0 Å². The number of nitrogens with one attached hydrogen (secondary N) is 1. The van der Waals surface area contributed by atoms with Gasteiger partial charge in [-0.2, -0.15) is 0 Å². The minimum atomic E-state index is 0.117. The fourth-order valence-electron chi connectivity index (χ4n) is 6.03. The van der Waals surface area contributed by atoms with E-state index in [4.69, 9.17) is 9.47 Å². The van der Waals surface area contributed by atoms with Crippen LogP contribution in [0.2, 0.25) is 0 Å². The highest BCUT2D eigenvalue weighted by Gasteiger charge is 2.51. The summed E-state index contributed by atoms with van der Waals surface area (Å²) in [4.78, 5) is 12.6. The van der Waals surface area contributed by atoms with Crippen LogP contribution in [0.5, 0.6) is 11.5 Å². The Morgan fingerprint density at radius 1 is 1.07 bits per heavy atom. The Kier molecular flexibility index (Phi) is 5.32. The maximum absolute atomic E-state index is 12.6. The summed E-state index contributed by atoms with van der Waals surface area (Å²) in [5.74, 6) is 5.62. The van der Waals surface area contributed by atoms with Gasteiger partial charge in [-0.05, 0) is 86.5 Å². The van der Waals surface area contributed by atoms with Crippen LogP contribution in [0, 0.1) is 24.7 Å². The van der Waals surface area contributed by atoms with Gasteiger partial charge in [-0.3, -0.25) is 4.79 Å². The lowest BCUT2D eigenvalue weighted by molar-refractivity contribution is -0.124. The monoisotopic (exact) mass is 389 g/mol. The zero-order valence-electron chi connectivity index (χ0n) is 16.7. The van der Waals surface area contributed by atoms with Gasteiger partial charge in [0.2, 0.25) is 5.91 Å². The first-order valence-electron chi connectivity index (χ1n) is 10.1. The van der Waals surface area contributed by atoms with Crippen LogP contribution < -0.4 is 14.8 Å². The summed E-state index contributed by atoms with van der Waals surface area (Å²) < 4.78 is 10.8. The molecule has 1 aromatic carbocycles. The fourth-order valence-corrected chi connectivity index (χ4v) is 6.92. The average Bonchev–Trinajstić information content (AvgIpc) is 2.61. The molecule has 0 spiro atoms. The molecule has 4 aliphatic carbocycles. The van der Waals surface area contributed by atoms with Crippen molar-refractivity contribution in [1.82, 2.24) is 5.32 Å². The molecule has 0 atom stereocenters. The Morgan fingerprint density at radius 3 is 2.19 bits per heavy atom. The number of aryl methyl sites for hydroxylation is 1. The minimum Gasteiger partial charge on any atom is -0.493 e. The molecule has 5 rings (SSSR count). The second-order valence-corrected chi connectivity index (χ2v) is 9.86. The molecule has 148 valence electrons. The predicted octanol–water partition coefficient (Wildman–Crippen LogP) is 4.33. The topological polar surface area (TPSA) is 47.6 Å². The van der Waals surface area contributed by atoms with Crippen LogP contribution >= 0.6 is 11.8 Å². The molecule has 1 N–H and O–H groups in total. The smallest absolute Gasteiger partial charge is 0.230 e. The summed E-state index contributed by atoms with van der Waals surface area (Å²) in [7, 11) is 3.31. The molecule has 0 aromatic heterocycles. The van der Waals surface area contributed by atoms with Crippen LogP contribution in [0.4, 0.5) is 0 Å². The molecule has 4 fully saturated rings. The molecular formula is C22H31NO3S. The van der Waals surface area contributed by atoms with E-state index in [0.29, 0.717) is 5.75 Å². The highest BCUT2D eigenvalue weighted by Crippen LogP contribution is 2.55. The third-order valence-electron chi connectivity index (χ3n) is 6.78. The van der Waals surface area contributed by atoms with Gasteiger partial charge in [0.1, 0.15) is 0 Å². The standard InChI is InChI=1S/C22H31NO3S/c1-14-4-19(25-2)20(26-3)8-18(14)12-27-13-21(24)23-22-9-15-5-16(10-22)7-17(6-15)11-22/h4,8,15-17H,5-7,9-13H2,1-3H3,(H,23,24). The van der Waals surface area contributed by atoms with Crippen LogP contribution in [0.15, 0.2) is 12.1 Å². The molecule has 4 saturated carbocycles. The molecule has 0 aliphatic heterocycles. The first-order chi connectivity index (χ1) is 13.0. The number of rotatable bonds is 7. The number of carbonyl (C=O) groups is 1. The summed E-state index contributed by atoms with van der Waals surface area (Å²) in [6.45, 7) is 2.08. The minimum absolute atomic E-state index is 0.117. The van der Waals surface area contributed by atoms with Gasteiger partial charge < -0.3 is 14.8 Å². The Hall–Kier alpha value is -1.36. The molecule has 0 radical (unpaired) electrons. The van der Waals surface area contributed by atoms with Crippen molar-refractivity contribution in [3.63, 3.8) is 0 Å². The Balaban J connectivity index is 1.31. The number of carbonyl (C=O) groups excluding carboxylic acids is 1. The number of methoxy groups -OCH3 is 2. The SMILES string of the molecule is COc1cc(C)c(CSCC(=O)NC23CC4CC(CC(C4)C2)C3)cc1OC. The van der Waals surface area contributed by atoms with E-state index in [1.54, 1.807) is 26.0 Å². The quantitative estimate of drug-likeness (QED) is 0.754. The van der Waals surface area contributed by atoms with Gasteiger partial charge in [0.15, 0.2) is 11.5 Å². The van der Waals surface area contributed by atoms with Gasteiger partial charge in [-0.25, -0.2) is 0 Å². The van der Waals surface area contributed by atoms with E-state index in [1.807, 2.05) is 12.1 Å². The van der Waals surface area contributed by atoms with Crippen LogP contribution in [0.3, 0.4) is 0 Å². The first-order valence-corrected chi connectivity index (χ1v) is 11.3. The molecule has 0 unspecified atom stereocenters. The summed E-state index contributed by atoms with van der Waals surface area (Å²) in [6.07, 6.45) is 7.85. The van der Waals surface area contributed by atoms with Crippen molar-refractivity contribution in [3.05, 3.63) is 23.3 Å². The molecular weight excluding hydrogens is 358 g/mol. The van der Waals surface area contributed by atoms with Crippen molar-refractivity contribution in [3.8, 4) is 11.5 Å². The fraction of sp³-hybridized carbons (Fsp3) is 0.682. The van der Waals surface area contributed by atoms with Gasteiger partial charge in [0.05, 0.1) is 20.0 Å². The zero-order chi connectivity index (χ0) is 19.0. The van der Waals surface area contributed by atoms with Gasteiger partial charge in [-0.15, -0.1) is 11.8 Å². The lowest BCUT2D eigenvalue weighted by Gasteiger charge is -2.56. The van der Waals surface area contributed by atoms with Gasteiger partial charge in [0, 0.05) is 11.3 Å². The summed E-state index contributed by atoms with van der Waals surface area (Å²) in [6, 6.07) is 4.03. The predicted molar refractivity (Wildman–Crippen MR) is 109 cm³/mol. The van der Waals surface area contributed by atoms with E-state index in [2.05, 4.69) is 12.2 Å². The van der Waals surface area contributed by atoms with Crippen molar-refractivity contribution in [2.45, 2.75) is 56.7 Å². The number of benzene rings is 1. The molecule has 4 aliphatic rings. The lowest BCUT2D eigenvalue weighted by atomic mass is 9.53.